The fourth-order valence-electron chi connectivity index (χ4n) is 5.32. The van der Waals surface area contributed by atoms with Gasteiger partial charge in [0.25, 0.3) is 0 Å². The highest BCUT2D eigenvalue weighted by Gasteiger charge is 2.35. The predicted octanol–water partition coefficient (Wildman–Crippen LogP) is 2.59. The molecule has 1 aliphatic rings. The number of esters is 1. The van der Waals surface area contributed by atoms with E-state index >= 15 is 0 Å². The number of methoxy groups -OCH3 is 1. The van der Waals surface area contributed by atoms with Crippen LogP contribution in [0.2, 0.25) is 0 Å². The first-order chi connectivity index (χ1) is 18.1. The molecule has 2 aromatic rings. The third-order valence-corrected chi connectivity index (χ3v) is 7.59. The molecule has 6 heteroatoms. The summed E-state index contributed by atoms with van der Waals surface area (Å²) in [6.45, 7) is 3.81. The molecule has 0 radical (unpaired) electrons. The van der Waals surface area contributed by atoms with Crippen LogP contribution in [0.25, 0.3) is 0 Å². The highest BCUT2D eigenvalue weighted by Crippen LogP contribution is 2.22. The van der Waals surface area contributed by atoms with Crippen molar-refractivity contribution >= 4 is 5.97 Å². The van der Waals surface area contributed by atoms with Crippen molar-refractivity contribution in [2.24, 2.45) is 0 Å². The van der Waals surface area contributed by atoms with E-state index in [0.717, 1.165) is 56.6 Å². The quantitative estimate of drug-likeness (QED) is 0.245. The summed E-state index contributed by atoms with van der Waals surface area (Å²) in [5.41, 5.74) is 2.49. The van der Waals surface area contributed by atoms with Gasteiger partial charge in [0.05, 0.1) is 26.8 Å². The SMILES string of the molecule is CCCCCCCCCC(=O)O[C@@H]1C[C@@H](CCOc2ccccc2CCc2cccc(OC)c2)[NH+](C)C1.[Cl-]. The number of para-hydroxylation sites is 1. The lowest BCUT2D eigenvalue weighted by molar-refractivity contribution is -0.893. The Bertz CT molecular complexity index is 937. The van der Waals surface area contributed by atoms with Gasteiger partial charge in [-0.25, -0.2) is 0 Å². The second-order valence-electron chi connectivity index (χ2n) is 10.6. The molecule has 3 rings (SSSR count). The van der Waals surface area contributed by atoms with Crippen LogP contribution in [0.3, 0.4) is 0 Å². The summed E-state index contributed by atoms with van der Waals surface area (Å²) >= 11 is 0. The molecule has 0 amide bonds. The molecule has 0 aliphatic carbocycles. The van der Waals surface area contributed by atoms with Crippen molar-refractivity contribution in [2.75, 3.05) is 27.3 Å². The normalized spacial score (nSPS) is 18.6. The summed E-state index contributed by atoms with van der Waals surface area (Å²) in [5.74, 6) is 1.85. The summed E-state index contributed by atoms with van der Waals surface area (Å²) in [7, 11) is 3.91. The fourth-order valence-corrected chi connectivity index (χ4v) is 5.32. The van der Waals surface area contributed by atoms with E-state index in [4.69, 9.17) is 14.2 Å². The molecule has 3 atom stereocenters. The Morgan fingerprint density at radius 2 is 1.74 bits per heavy atom. The lowest BCUT2D eigenvalue weighted by atomic mass is 10.0. The zero-order valence-corrected chi connectivity index (χ0v) is 24.4. The van der Waals surface area contributed by atoms with E-state index in [-0.39, 0.29) is 24.5 Å². The number of likely N-dealkylation sites (tertiary alicyclic amines) is 1. The standard InChI is InChI=1S/C32H47NO4.ClH/c1-4-5-6-7-8-9-10-18-32(34)37-30-24-28(33(2)25-30)21-22-36-31-17-12-11-15-27(31)20-19-26-14-13-16-29(23-26)35-3;/h11-17,23,28,30H,4-10,18-22,24-25H2,1-3H3;1H/t28-,30-;/m1./s1. The van der Waals surface area contributed by atoms with E-state index < -0.39 is 0 Å². The molecule has 1 aliphatic heterocycles. The van der Waals surface area contributed by atoms with Gasteiger partial charge in [0.15, 0.2) is 6.10 Å². The number of quaternary nitrogens is 1. The Balaban J connectivity index is 0.00000507. The van der Waals surface area contributed by atoms with Crippen LogP contribution in [-0.4, -0.2) is 45.4 Å². The number of likely N-dealkylation sites (N-methyl/N-ethyl adjacent to an activating group) is 1. The number of nitrogens with one attached hydrogen (secondary N) is 1. The number of aryl methyl sites for hydroxylation is 2. The third-order valence-electron chi connectivity index (χ3n) is 7.59. The second kappa shape index (κ2) is 18.1. The number of carbonyl (C=O) groups is 1. The molecular weight excluding hydrogens is 498 g/mol. The van der Waals surface area contributed by atoms with Crippen LogP contribution in [0.4, 0.5) is 0 Å². The summed E-state index contributed by atoms with van der Waals surface area (Å²) in [4.78, 5) is 13.8. The van der Waals surface area contributed by atoms with Gasteiger partial charge in [-0.05, 0) is 48.6 Å². The van der Waals surface area contributed by atoms with Gasteiger partial charge < -0.3 is 31.5 Å². The number of hydrogen-bond donors (Lipinski definition) is 1. The molecule has 38 heavy (non-hydrogen) atoms. The first-order valence-electron chi connectivity index (χ1n) is 14.4. The highest BCUT2D eigenvalue weighted by atomic mass is 35.5. The first kappa shape index (κ1) is 32.0. The lowest BCUT2D eigenvalue weighted by Crippen LogP contribution is -3.11. The van der Waals surface area contributed by atoms with Crippen LogP contribution in [0.5, 0.6) is 11.5 Å². The summed E-state index contributed by atoms with van der Waals surface area (Å²) in [6, 6.07) is 17.1. The molecule has 0 bridgehead atoms. The van der Waals surface area contributed by atoms with E-state index in [2.05, 4.69) is 44.3 Å². The number of halogens is 1. The lowest BCUT2D eigenvalue weighted by Gasteiger charge is -2.17. The number of unbranched alkanes of at least 4 members (excludes halogenated alkanes) is 6. The topological polar surface area (TPSA) is 49.2 Å². The van der Waals surface area contributed by atoms with E-state index in [9.17, 15) is 4.79 Å². The maximum absolute atomic E-state index is 12.3. The van der Waals surface area contributed by atoms with Crippen molar-refractivity contribution in [3.63, 3.8) is 0 Å². The van der Waals surface area contributed by atoms with Gasteiger partial charge in [0.1, 0.15) is 18.0 Å². The van der Waals surface area contributed by atoms with E-state index in [1.165, 1.54) is 48.1 Å². The van der Waals surface area contributed by atoms with Gasteiger partial charge in [-0.2, -0.15) is 0 Å². The zero-order chi connectivity index (χ0) is 26.3. The van der Waals surface area contributed by atoms with Crippen LogP contribution >= 0.6 is 0 Å². The Morgan fingerprint density at radius 1 is 0.974 bits per heavy atom. The van der Waals surface area contributed by atoms with Gasteiger partial charge in [-0.3, -0.25) is 4.79 Å². The number of benzene rings is 2. The Labute approximate surface area is 236 Å². The zero-order valence-electron chi connectivity index (χ0n) is 23.7. The average Bonchev–Trinajstić information content (AvgIpc) is 3.25. The molecule has 0 aromatic heterocycles. The number of hydrogen-bond acceptors (Lipinski definition) is 4. The molecule has 5 nitrogen and oxygen atoms in total. The molecular formula is C32H48ClNO4. The van der Waals surface area contributed by atoms with Crippen LogP contribution in [-0.2, 0) is 22.4 Å². The van der Waals surface area contributed by atoms with E-state index in [1.807, 2.05) is 18.2 Å². The van der Waals surface area contributed by atoms with Crippen molar-refractivity contribution in [1.82, 2.24) is 0 Å². The maximum Gasteiger partial charge on any atom is 0.306 e. The molecule has 2 aromatic carbocycles. The maximum atomic E-state index is 12.3. The van der Waals surface area contributed by atoms with Crippen molar-refractivity contribution in [3.05, 3.63) is 59.7 Å². The van der Waals surface area contributed by atoms with Crippen LogP contribution in [0.1, 0.15) is 82.3 Å². The number of ether oxygens (including phenoxy) is 3. The first-order valence-corrected chi connectivity index (χ1v) is 14.4. The molecule has 0 saturated carbocycles. The average molecular weight is 546 g/mol. The van der Waals surface area contributed by atoms with Gasteiger partial charge in [0, 0.05) is 19.3 Å². The molecule has 1 saturated heterocycles. The van der Waals surface area contributed by atoms with Crippen molar-refractivity contribution < 1.29 is 36.3 Å². The monoisotopic (exact) mass is 545 g/mol. The van der Waals surface area contributed by atoms with Crippen LogP contribution in [0.15, 0.2) is 48.5 Å². The molecule has 1 unspecified atom stereocenters. The molecule has 212 valence electrons. The molecule has 1 fully saturated rings. The Hall–Kier alpha value is -2.24. The summed E-state index contributed by atoms with van der Waals surface area (Å²) < 4.78 is 17.4. The van der Waals surface area contributed by atoms with Crippen LogP contribution in [0, 0.1) is 0 Å². The van der Waals surface area contributed by atoms with E-state index in [1.54, 1.807) is 7.11 Å². The third kappa shape index (κ3) is 11.2. The minimum Gasteiger partial charge on any atom is -1.00 e. The minimum atomic E-state index is -0.0202. The predicted molar refractivity (Wildman–Crippen MR) is 150 cm³/mol. The highest BCUT2D eigenvalue weighted by molar-refractivity contribution is 5.69. The smallest absolute Gasteiger partial charge is 0.306 e. The van der Waals surface area contributed by atoms with E-state index in [0.29, 0.717) is 19.1 Å². The summed E-state index contributed by atoms with van der Waals surface area (Å²) in [5, 5.41) is 0. The van der Waals surface area contributed by atoms with Gasteiger partial charge in [-0.15, -0.1) is 0 Å². The number of carbonyl (C=O) groups excluding carboxylic acids is 1. The van der Waals surface area contributed by atoms with Crippen LogP contribution < -0.4 is 26.8 Å². The number of rotatable bonds is 17. The van der Waals surface area contributed by atoms with Crippen molar-refractivity contribution in [1.29, 1.82) is 0 Å². The summed E-state index contributed by atoms with van der Waals surface area (Å²) in [6.07, 6.45) is 12.9. The van der Waals surface area contributed by atoms with Gasteiger partial charge >= 0.3 is 5.97 Å². The second-order valence-corrected chi connectivity index (χ2v) is 10.6. The molecule has 1 N–H and O–H groups in total. The van der Waals surface area contributed by atoms with Crippen molar-refractivity contribution in [3.8, 4) is 11.5 Å². The Morgan fingerprint density at radius 3 is 2.53 bits per heavy atom. The fraction of sp³-hybridized carbons (Fsp3) is 0.594. The minimum absolute atomic E-state index is 0. The molecule has 1 heterocycles. The van der Waals surface area contributed by atoms with Gasteiger partial charge in [-0.1, -0.05) is 75.8 Å². The largest absolute Gasteiger partial charge is 1.00 e. The molecule has 0 spiro atoms. The van der Waals surface area contributed by atoms with Gasteiger partial charge in [0.2, 0.25) is 0 Å². The Kier molecular flexibility index (Phi) is 15.2. The van der Waals surface area contributed by atoms with Crippen molar-refractivity contribution in [2.45, 2.75) is 96.1 Å².